The van der Waals surface area contributed by atoms with Crippen molar-refractivity contribution in [1.82, 2.24) is 15.0 Å². The summed E-state index contributed by atoms with van der Waals surface area (Å²) in [6, 6.07) is 5.74. The monoisotopic (exact) mass is 301 g/mol. The maximum Gasteiger partial charge on any atom is 0.232 e. The number of benzene rings is 1. The number of amides is 1. The summed E-state index contributed by atoms with van der Waals surface area (Å²) in [5.74, 6) is 2.68. The number of likely N-dealkylation sites (tertiary alicyclic amines) is 1. The lowest BCUT2D eigenvalue weighted by atomic mass is 10.1. The van der Waals surface area contributed by atoms with E-state index < -0.39 is 0 Å². The van der Waals surface area contributed by atoms with E-state index in [0.29, 0.717) is 31.2 Å². The third kappa shape index (κ3) is 2.28. The molecule has 1 aromatic heterocycles. The topological polar surface area (TPSA) is 77.7 Å². The molecule has 1 aromatic carbocycles. The first-order valence-corrected chi connectivity index (χ1v) is 7.15. The predicted molar refractivity (Wildman–Crippen MR) is 74.4 cm³/mol. The molecule has 1 unspecified atom stereocenters. The predicted octanol–water partition coefficient (Wildman–Crippen LogP) is 1.62. The molecule has 1 amide bonds. The van der Waals surface area contributed by atoms with E-state index in [2.05, 4.69) is 10.1 Å². The van der Waals surface area contributed by atoms with Crippen molar-refractivity contribution in [3.8, 4) is 11.5 Å². The Kier molecular flexibility index (Phi) is 2.99. The Morgan fingerprint density at radius 1 is 1.32 bits per heavy atom. The van der Waals surface area contributed by atoms with E-state index in [4.69, 9.17) is 14.0 Å². The fourth-order valence-corrected chi connectivity index (χ4v) is 2.83. The molecule has 2 aliphatic rings. The quantitative estimate of drug-likeness (QED) is 0.857. The molecule has 2 aliphatic heterocycles. The van der Waals surface area contributed by atoms with Gasteiger partial charge >= 0.3 is 0 Å². The Bertz CT molecular complexity index is 727. The van der Waals surface area contributed by atoms with E-state index in [1.807, 2.05) is 23.1 Å². The summed E-state index contributed by atoms with van der Waals surface area (Å²) in [5, 5.41) is 3.79. The number of fused-ring (bicyclic) bond motifs is 1. The number of nitrogens with zero attached hydrogens (tertiary/aromatic N) is 3. The largest absolute Gasteiger partial charge is 0.454 e. The van der Waals surface area contributed by atoms with Gasteiger partial charge in [0.15, 0.2) is 17.3 Å². The van der Waals surface area contributed by atoms with Crippen molar-refractivity contribution in [3.63, 3.8) is 0 Å². The molecule has 114 valence electrons. The van der Waals surface area contributed by atoms with Gasteiger partial charge in [0.25, 0.3) is 0 Å². The molecule has 0 bridgehead atoms. The smallest absolute Gasteiger partial charge is 0.232 e. The van der Waals surface area contributed by atoms with Gasteiger partial charge in [-0.3, -0.25) is 4.79 Å². The fourth-order valence-electron chi connectivity index (χ4n) is 2.83. The molecule has 4 rings (SSSR count). The Morgan fingerprint density at radius 2 is 2.18 bits per heavy atom. The van der Waals surface area contributed by atoms with Crippen LogP contribution in [0.5, 0.6) is 11.5 Å². The number of ether oxygens (including phenoxy) is 2. The average Bonchev–Trinajstić information content (AvgIpc) is 3.20. The van der Waals surface area contributed by atoms with Crippen LogP contribution >= 0.6 is 0 Å². The normalized spacial score (nSPS) is 20.0. The Morgan fingerprint density at radius 3 is 3.00 bits per heavy atom. The van der Waals surface area contributed by atoms with Gasteiger partial charge in [0.1, 0.15) is 0 Å². The maximum atomic E-state index is 12.2. The summed E-state index contributed by atoms with van der Waals surface area (Å²) in [6.07, 6.45) is 0.409. The van der Waals surface area contributed by atoms with Crippen molar-refractivity contribution >= 4 is 5.91 Å². The average molecular weight is 301 g/mol. The lowest BCUT2D eigenvalue weighted by Gasteiger charge is -2.16. The molecule has 0 radical (unpaired) electrons. The van der Waals surface area contributed by atoms with Crippen LogP contribution in [-0.4, -0.2) is 34.3 Å². The number of aryl methyl sites for hydroxylation is 1. The van der Waals surface area contributed by atoms with Crippen molar-refractivity contribution in [2.75, 3.05) is 13.3 Å². The van der Waals surface area contributed by atoms with E-state index in [0.717, 1.165) is 17.1 Å². The summed E-state index contributed by atoms with van der Waals surface area (Å²) in [5.41, 5.74) is 1.01. The summed E-state index contributed by atoms with van der Waals surface area (Å²) < 4.78 is 15.8. The zero-order chi connectivity index (χ0) is 15.1. The minimum Gasteiger partial charge on any atom is -0.454 e. The van der Waals surface area contributed by atoms with Crippen LogP contribution in [0.2, 0.25) is 0 Å². The van der Waals surface area contributed by atoms with Gasteiger partial charge in [0.2, 0.25) is 18.6 Å². The molecule has 1 atom stereocenters. The molecule has 0 aliphatic carbocycles. The number of carbonyl (C=O) groups excluding carboxylic acids is 1. The van der Waals surface area contributed by atoms with Gasteiger partial charge in [-0.2, -0.15) is 4.98 Å². The number of rotatable bonds is 3. The summed E-state index contributed by atoms with van der Waals surface area (Å²) in [4.78, 5) is 18.2. The van der Waals surface area contributed by atoms with E-state index >= 15 is 0 Å². The standard InChI is InChI=1S/C15H15N3O4/c1-9-16-15(22-17-9)11-5-14(19)18(7-11)6-10-2-3-12-13(4-10)21-8-20-12/h2-4,11H,5-8H2,1H3. The van der Waals surface area contributed by atoms with Crippen LogP contribution in [0.3, 0.4) is 0 Å². The number of hydrogen-bond donors (Lipinski definition) is 0. The maximum absolute atomic E-state index is 12.2. The van der Waals surface area contributed by atoms with Crippen LogP contribution in [0, 0.1) is 6.92 Å². The summed E-state index contributed by atoms with van der Waals surface area (Å²) >= 11 is 0. The van der Waals surface area contributed by atoms with Crippen LogP contribution in [0.4, 0.5) is 0 Å². The first kappa shape index (κ1) is 13.1. The second kappa shape index (κ2) is 5.01. The van der Waals surface area contributed by atoms with Crippen molar-refractivity contribution in [2.45, 2.75) is 25.8 Å². The molecule has 0 saturated carbocycles. The van der Waals surface area contributed by atoms with Gasteiger partial charge in [-0.15, -0.1) is 0 Å². The fraction of sp³-hybridized carbons (Fsp3) is 0.400. The lowest BCUT2D eigenvalue weighted by molar-refractivity contribution is -0.128. The molecule has 7 nitrogen and oxygen atoms in total. The molecular formula is C15H15N3O4. The van der Waals surface area contributed by atoms with Crippen LogP contribution in [0.25, 0.3) is 0 Å². The Hall–Kier alpha value is -2.57. The molecule has 2 aromatic rings. The highest BCUT2D eigenvalue weighted by molar-refractivity contribution is 5.79. The van der Waals surface area contributed by atoms with Crippen LogP contribution in [0.15, 0.2) is 22.7 Å². The first-order chi connectivity index (χ1) is 10.7. The van der Waals surface area contributed by atoms with Crippen LogP contribution in [0.1, 0.15) is 29.6 Å². The molecule has 1 saturated heterocycles. The second-order valence-electron chi connectivity index (χ2n) is 5.54. The van der Waals surface area contributed by atoms with Crippen molar-refractivity contribution in [2.24, 2.45) is 0 Å². The minimum absolute atomic E-state index is 0.0253. The molecule has 0 spiro atoms. The van der Waals surface area contributed by atoms with Gasteiger partial charge in [-0.05, 0) is 24.6 Å². The van der Waals surface area contributed by atoms with E-state index in [-0.39, 0.29) is 18.6 Å². The summed E-state index contributed by atoms with van der Waals surface area (Å²) in [6.45, 7) is 3.15. The highest BCUT2D eigenvalue weighted by atomic mass is 16.7. The van der Waals surface area contributed by atoms with Gasteiger partial charge in [-0.25, -0.2) is 0 Å². The molecule has 1 fully saturated rings. The van der Waals surface area contributed by atoms with Gasteiger partial charge in [0, 0.05) is 19.5 Å². The van der Waals surface area contributed by atoms with E-state index in [1.165, 1.54) is 0 Å². The van der Waals surface area contributed by atoms with E-state index in [9.17, 15) is 4.79 Å². The van der Waals surface area contributed by atoms with Crippen molar-refractivity contribution in [1.29, 1.82) is 0 Å². The Balaban J connectivity index is 1.48. The molecule has 7 heteroatoms. The zero-order valence-corrected chi connectivity index (χ0v) is 12.1. The van der Waals surface area contributed by atoms with Crippen LogP contribution in [-0.2, 0) is 11.3 Å². The summed E-state index contributed by atoms with van der Waals surface area (Å²) in [7, 11) is 0. The zero-order valence-electron chi connectivity index (χ0n) is 12.1. The Labute approximate surface area is 126 Å². The highest BCUT2D eigenvalue weighted by Crippen LogP contribution is 2.34. The third-order valence-corrected chi connectivity index (χ3v) is 3.92. The lowest BCUT2D eigenvalue weighted by Crippen LogP contribution is -2.24. The molecular weight excluding hydrogens is 286 g/mol. The van der Waals surface area contributed by atoms with Crippen LogP contribution < -0.4 is 9.47 Å². The molecule has 22 heavy (non-hydrogen) atoms. The number of carbonyl (C=O) groups is 1. The highest BCUT2D eigenvalue weighted by Gasteiger charge is 2.34. The molecule has 0 N–H and O–H groups in total. The number of hydrogen-bond acceptors (Lipinski definition) is 6. The van der Waals surface area contributed by atoms with Gasteiger partial charge in [-0.1, -0.05) is 11.2 Å². The van der Waals surface area contributed by atoms with E-state index in [1.54, 1.807) is 6.92 Å². The first-order valence-electron chi connectivity index (χ1n) is 7.15. The van der Waals surface area contributed by atoms with Crippen molar-refractivity contribution < 1.29 is 18.8 Å². The van der Waals surface area contributed by atoms with Gasteiger partial charge in [0.05, 0.1) is 5.92 Å². The van der Waals surface area contributed by atoms with Gasteiger partial charge < -0.3 is 18.9 Å². The SMILES string of the molecule is Cc1noc(C2CC(=O)N(Cc3ccc4c(c3)OCO4)C2)n1. The second-order valence-corrected chi connectivity index (χ2v) is 5.54. The van der Waals surface area contributed by atoms with Crippen molar-refractivity contribution in [3.05, 3.63) is 35.5 Å². The number of aromatic nitrogens is 2. The molecule has 3 heterocycles. The third-order valence-electron chi connectivity index (χ3n) is 3.92. The minimum atomic E-state index is -0.0253.